The molecule has 1 aromatic heterocycles. The van der Waals surface area contributed by atoms with Crippen molar-refractivity contribution >= 4 is 23.4 Å². The highest BCUT2D eigenvalue weighted by Crippen LogP contribution is 2.47. The van der Waals surface area contributed by atoms with Crippen LogP contribution in [0.2, 0.25) is 0 Å². The van der Waals surface area contributed by atoms with Crippen LogP contribution in [0.5, 0.6) is 5.75 Å². The van der Waals surface area contributed by atoms with E-state index in [1.165, 1.54) is 23.9 Å². The van der Waals surface area contributed by atoms with Crippen LogP contribution < -0.4 is 15.6 Å². The number of allylic oxidation sites excluding steroid dienone is 2. The Morgan fingerprint density at radius 1 is 1.08 bits per heavy atom. The van der Waals surface area contributed by atoms with E-state index >= 15 is 0 Å². The Morgan fingerprint density at radius 2 is 1.82 bits per heavy atom. The molecule has 38 heavy (non-hydrogen) atoms. The number of fused-ring (bicyclic) bond motifs is 1. The van der Waals surface area contributed by atoms with Gasteiger partial charge in [-0.25, -0.2) is 9.37 Å². The van der Waals surface area contributed by atoms with E-state index < -0.39 is 5.92 Å². The number of hydrogen-bond acceptors (Lipinski definition) is 6. The average Bonchev–Trinajstić information content (AvgIpc) is 2.87. The number of ether oxygens (including phenoxy) is 1. The molecule has 1 aliphatic carbocycles. The molecule has 2 heterocycles. The van der Waals surface area contributed by atoms with Gasteiger partial charge in [-0.3, -0.25) is 9.59 Å². The van der Waals surface area contributed by atoms with Crippen LogP contribution in [0.1, 0.15) is 69.1 Å². The minimum absolute atomic E-state index is 0.0526. The number of carbonyl (C=O) groups excluding carboxylic acids is 1. The van der Waals surface area contributed by atoms with Crippen molar-refractivity contribution in [2.45, 2.75) is 63.3 Å². The molecule has 2 N–H and O–H groups in total. The summed E-state index contributed by atoms with van der Waals surface area (Å²) in [4.78, 5) is 34.7. The lowest BCUT2D eigenvalue weighted by molar-refractivity contribution is -0.118. The number of aromatic amines is 1. The third-order valence-electron chi connectivity index (χ3n) is 6.97. The second kappa shape index (κ2) is 10.8. The van der Waals surface area contributed by atoms with Crippen LogP contribution in [0.15, 0.2) is 69.8 Å². The molecule has 0 radical (unpaired) electrons. The van der Waals surface area contributed by atoms with Gasteiger partial charge in [0.2, 0.25) is 0 Å². The molecular weight excluding hydrogens is 501 g/mol. The zero-order valence-electron chi connectivity index (χ0n) is 21.9. The van der Waals surface area contributed by atoms with Gasteiger partial charge in [-0.2, -0.15) is 0 Å². The predicted octanol–water partition coefficient (Wildman–Crippen LogP) is 6.58. The number of rotatable bonds is 8. The van der Waals surface area contributed by atoms with Gasteiger partial charge in [-0.15, -0.1) is 0 Å². The van der Waals surface area contributed by atoms with Crippen LogP contribution in [-0.2, 0) is 10.5 Å². The van der Waals surface area contributed by atoms with Crippen LogP contribution in [0.4, 0.5) is 10.2 Å². The van der Waals surface area contributed by atoms with E-state index in [1.54, 1.807) is 12.1 Å². The molecule has 0 saturated heterocycles. The maximum atomic E-state index is 13.5. The fourth-order valence-electron chi connectivity index (χ4n) is 5.12. The topological polar surface area (TPSA) is 84.1 Å². The van der Waals surface area contributed by atoms with Crippen LogP contribution in [0.25, 0.3) is 0 Å². The minimum atomic E-state index is -0.512. The van der Waals surface area contributed by atoms with E-state index in [1.807, 2.05) is 24.3 Å². The predicted molar refractivity (Wildman–Crippen MR) is 148 cm³/mol. The van der Waals surface area contributed by atoms with E-state index in [0.717, 1.165) is 35.4 Å². The lowest BCUT2D eigenvalue weighted by atomic mass is 9.69. The summed E-state index contributed by atoms with van der Waals surface area (Å²) in [5.41, 5.74) is 3.24. The minimum Gasteiger partial charge on any atom is -0.494 e. The number of halogens is 1. The highest BCUT2D eigenvalue weighted by Gasteiger charge is 2.42. The van der Waals surface area contributed by atoms with Crippen molar-refractivity contribution in [3.05, 3.63) is 92.7 Å². The van der Waals surface area contributed by atoms with Crippen molar-refractivity contribution in [1.82, 2.24) is 9.97 Å². The van der Waals surface area contributed by atoms with E-state index in [9.17, 15) is 14.0 Å². The number of nitrogens with one attached hydrogen (secondary N) is 2. The number of hydrogen-bond donors (Lipinski definition) is 2. The standard InChI is InChI=1S/C30H32FN3O3S/c1-4-5-14-37-21-12-8-19(9-13-21)24-25-22(15-30(2,3)16-23(25)35)32-27-26(24)28(36)34-29(33-27)38-17-18-6-10-20(31)11-7-18/h6-13,24H,4-5,14-17H2,1-3H3,(H2,32,33,34,36). The zero-order chi connectivity index (χ0) is 26.9. The third-order valence-corrected chi connectivity index (χ3v) is 7.91. The average molecular weight is 534 g/mol. The van der Waals surface area contributed by atoms with Crippen LogP contribution in [-0.4, -0.2) is 22.4 Å². The van der Waals surface area contributed by atoms with E-state index in [2.05, 4.69) is 31.1 Å². The summed E-state index contributed by atoms with van der Waals surface area (Å²) in [6.45, 7) is 6.93. The number of Topliss-reactive ketones (excluding diaryl/α,β-unsaturated/α-hetero) is 1. The van der Waals surface area contributed by atoms with E-state index in [-0.39, 0.29) is 22.6 Å². The first-order chi connectivity index (χ1) is 18.2. The van der Waals surface area contributed by atoms with Gasteiger partial charge in [0, 0.05) is 29.4 Å². The van der Waals surface area contributed by atoms with Gasteiger partial charge in [0.05, 0.1) is 12.2 Å². The number of anilines is 1. The Hall–Kier alpha value is -3.39. The Kier molecular flexibility index (Phi) is 7.43. The molecule has 1 atom stereocenters. The first-order valence-electron chi connectivity index (χ1n) is 13.0. The SMILES string of the molecule is CCCCOc1ccc(C2C3=C(CC(C)(C)CC3=O)Nc3nc(SCc4ccc(F)cc4)[nH]c(=O)c32)cc1. The first-order valence-corrected chi connectivity index (χ1v) is 14.0. The Morgan fingerprint density at radius 3 is 2.53 bits per heavy atom. The Bertz CT molecular complexity index is 1430. The van der Waals surface area contributed by atoms with Crippen molar-refractivity contribution in [2.75, 3.05) is 11.9 Å². The van der Waals surface area contributed by atoms with Gasteiger partial charge >= 0.3 is 0 Å². The number of H-pyrrole nitrogens is 1. The number of unbranched alkanes of at least 4 members (excludes halogenated alkanes) is 1. The van der Waals surface area contributed by atoms with E-state index in [4.69, 9.17) is 9.72 Å². The van der Waals surface area contributed by atoms with Crippen molar-refractivity contribution in [1.29, 1.82) is 0 Å². The molecule has 8 heteroatoms. The Labute approximate surface area is 226 Å². The molecule has 2 aromatic carbocycles. The second-order valence-electron chi connectivity index (χ2n) is 10.7. The Balaban J connectivity index is 1.51. The molecule has 0 amide bonds. The summed E-state index contributed by atoms with van der Waals surface area (Å²) in [6.07, 6.45) is 3.15. The highest BCUT2D eigenvalue weighted by atomic mass is 32.2. The molecule has 0 spiro atoms. The van der Waals surface area contributed by atoms with Crippen molar-refractivity contribution < 1.29 is 13.9 Å². The number of thioether (sulfide) groups is 1. The first kappa shape index (κ1) is 26.2. The van der Waals surface area contributed by atoms with Gasteiger partial charge in [-0.05, 0) is 53.6 Å². The monoisotopic (exact) mass is 533 g/mol. The van der Waals surface area contributed by atoms with Crippen molar-refractivity contribution in [3.8, 4) is 5.75 Å². The number of aromatic nitrogens is 2. The number of benzene rings is 2. The molecule has 0 fully saturated rings. The largest absolute Gasteiger partial charge is 0.494 e. The van der Waals surface area contributed by atoms with Gasteiger partial charge in [0.1, 0.15) is 17.4 Å². The van der Waals surface area contributed by atoms with E-state index in [0.29, 0.717) is 47.3 Å². The summed E-state index contributed by atoms with van der Waals surface area (Å²) in [7, 11) is 0. The summed E-state index contributed by atoms with van der Waals surface area (Å²) in [6, 6.07) is 14.0. The normalized spacial score (nSPS) is 18.0. The van der Waals surface area contributed by atoms with Crippen LogP contribution >= 0.6 is 11.8 Å². The quantitative estimate of drug-likeness (QED) is 0.193. The van der Waals surface area contributed by atoms with Gasteiger partial charge in [-0.1, -0.05) is 63.2 Å². The lowest BCUT2D eigenvalue weighted by Crippen LogP contribution is -2.37. The molecule has 0 bridgehead atoms. The molecule has 2 aliphatic rings. The van der Waals surface area contributed by atoms with Crippen LogP contribution in [0, 0.1) is 11.2 Å². The molecule has 1 aliphatic heterocycles. The summed E-state index contributed by atoms with van der Waals surface area (Å²) in [5.74, 6) is 1.03. The maximum absolute atomic E-state index is 13.5. The van der Waals surface area contributed by atoms with Crippen molar-refractivity contribution in [3.63, 3.8) is 0 Å². The molecular formula is C30H32FN3O3S. The number of carbonyl (C=O) groups is 1. The highest BCUT2D eigenvalue weighted by molar-refractivity contribution is 7.98. The lowest BCUT2D eigenvalue weighted by Gasteiger charge is -2.38. The number of ketones is 1. The summed E-state index contributed by atoms with van der Waals surface area (Å²) >= 11 is 1.38. The molecule has 6 nitrogen and oxygen atoms in total. The molecule has 0 saturated carbocycles. The summed E-state index contributed by atoms with van der Waals surface area (Å²) < 4.78 is 19.1. The van der Waals surface area contributed by atoms with Gasteiger partial charge < -0.3 is 15.0 Å². The van der Waals surface area contributed by atoms with Gasteiger partial charge in [0.25, 0.3) is 5.56 Å². The molecule has 1 unspecified atom stereocenters. The maximum Gasteiger partial charge on any atom is 0.257 e. The van der Waals surface area contributed by atoms with Gasteiger partial charge in [0.15, 0.2) is 10.9 Å². The van der Waals surface area contributed by atoms with Crippen molar-refractivity contribution in [2.24, 2.45) is 5.41 Å². The fraction of sp³-hybridized carbons (Fsp3) is 0.367. The zero-order valence-corrected chi connectivity index (χ0v) is 22.7. The molecule has 198 valence electrons. The summed E-state index contributed by atoms with van der Waals surface area (Å²) in [5, 5.41) is 3.82. The molecule has 3 aromatic rings. The van der Waals surface area contributed by atoms with Crippen LogP contribution in [0.3, 0.4) is 0 Å². The third kappa shape index (κ3) is 5.55. The molecule has 5 rings (SSSR count). The fourth-order valence-corrected chi connectivity index (χ4v) is 5.93. The number of nitrogens with zero attached hydrogens (tertiary/aromatic N) is 1. The second-order valence-corrected chi connectivity index (χ2v) is 11.7. The smallest absolute Gasteiger partial charge is 0.257 e.